The molecule has 2 nitrogen and oxygen atoms in total. The maximum atomic E-state index is 12.0. The van der Waals surface area contributed by atoms with Gasteiger partial charge in [0.2, 0.25) is 0 Å². The predicted octanol–water partition coefficient (Wildman–Crippen LogP) is 3.15. The summed E-state index contributed by atoms with van der Waals surface area (Å²) in [5.74, 6) is 1.42. The van der Waals surface area contributed by atoms with Crippen LogP contribution in [0.3, 0.4) is 0 Å². The highest BCUT2D eigenvalue weighted by atomic mass is 16.6. The number of carbonyl (C=O) groups is 1. The highest BCUT2D eigenvalue weighted by Crippen LogP contribution is 2.64. The zero-order chi connectivity index (χ0) is 11.8. The van der Waals surface area contributed by atoms with Gasteiger partial charge in [0.05, 0.1) is 5.41 Å². The summed E-state index contributed by atoms with van der Waals surface area (Å²) in [5.41, 5.74) is 0.103. The molecular weight excluding hydrogens is 200 g/mol. The first-order valence-electron chi connectivity index (χ1n) is 6.50. The Morgan fingerprint density at radius 3 is 2.50 bits per heavy atom. The van der Waals surface area contributed by atoms with E-state index >= 15 is 0 Å². The fourth-order valence-electron chi connectivity index (χ4n) is 4.57. The standard InChI is InChI=1S/C14H22O2/c1-12(2)7-10-9(12)5-6-13(3)8-14(10,4)16-11(13)15/h9-10H,5-8H2,1-4H3/t9-,10+,13+,14+/m1/s1. The van der Waals surface area contributed by atoms with Crippen LogP contribution in [-0.2, 0) is 9.53 Å². The fraction of sp³-hybridized carbons (Fsp3) is 0.929. The minimum atomic E-state index is -0.192. The Hall–Kier alpha value is -0.530. The summed E-state index contributed by atoms with van der Waals surface area (Å²) in [6.45, 7) is 8.98. The van der Waals surface area contributed by atoms with E-state index in [-0.39, 0.29) is 17.0 Å². The zero-order valence-corrected chi connectivity index (χ0v) is 10.8. The van der Waals surface area contributed by atoms with Crippen LogP contribution in [0.25, 0.3) is 0 Å². The van der Waals surface area contributed by atoms with E-state index < -0.39 is 0 Å². The summed E-state index contributed by atoms with van der Waals surface area (Å²) < 4.78 is 5.74. The molecule has 0 spiro atoms. The molecule has 4 atom stereocenters. The molecule has 1 heterocycles. The Morgan fingerprint density at radius 1 is 1.19 bits per heavy atom. The van der Waals surface area contributed by atoms with Crippen molar-refractivity contribution in [1.82, 2.24) is 0 Å². The highest BCUT2D eigenvalue weighted by Gasteiger charge is 2.64. The van der Waals surface area contributed by atoms with Gasteiger partial charge in [-0.25, -0.2) is 0 Å². The molecule has 2 heteroatoms. The van der Waals surface area contributed by atoms with Crippen molar-refractivity contribution in [3.8, 4) is 0 Å². The Bertz CT molecular complexity index is 360. The van der Waals surface area contributed by atoms with E-state index in [0.29, 0.717) is 11.3 Å². The van der Waals surface area contributed by atoms with Gasteiger partial charge in [-0.1, -0.05) is 13.8 Å². The molecule has 2 bridgehead atoms. The van der Waals surface area contributed by atoms with Crippen molar-refractivity contribution in [2.45, 2.75) is 59.0 Å². The van der Waals surface area contributed by atoms with E-state index in [0.717, 1.165) is 18.8 Å². The topological polar surface area (TPSA) is 26.3 Å². The molecule has 0 aromatic rings. The number of rotatable bonds is 0. The van der Waals surface area contributed by atoms with Gasteiger partial charge in [-0.2, -0.15) is 0 Å². The van der Waals surface area contributed by atoms with E-state index in [4.69, 9.17) is 4.74 Å². The maximum Gasteiger partial charge on any atom is 0.312 e. The third-order valence-corrected chi connectivity index (χ3v) is 5.59. The summed E-state index contributed by atoms with van der Waals surface area (Å²) in [6, 6.07) is 0. The Kier molecular flexibility index (Phi) is 1.76. The number of fused-ring (bicyclic) bond motifs is 4. The van der Waals surface area contributed by atoms with Crippen LogP contribution in [0.1, 0.15) is 53.4 Å². The highest BCUT2D eigenvalue weighted by molar-refractivity contribution is 5.79. The zero-order valence-electron chi connectivity index (χ0n) is 10.8. The van der Waals surface area contributed by atoms with E-state index in [1.165, 1.54) is 12.8 Å². The van der Waals surface area contributed by atoms with Gasteiger partial charge < -0.3 is 4.74 Å². The SMILES string of the molecule is CC1(C)C[C@H]2[C@H]1CC[C@@]1(C)C[C@]2(C)OC1=O. The van der Waals surface area contributed by atoms with Gasteiger partial charge in [0.1, 0.15) is 5.60 Å². The number of hydrogen-bond donors (Lipinski definition) is 0. The number of hydrogen-bond acceptors (Lipinski definition) is 2. The normalized spacial score (nSPS) is 53.6. The van der Waals surface area contributed by atoms with Crippen molar-refractivity contribution in [1.29, 1.82) is 0 Å². The lowest BCUT2D eigenvalue weighted by atomic mass is 9.51. The van der Waals surface area contributed by atoms with Gasteiger partial charge in [0.25, 0.3) is 0 Å². The first-order valence-corrected chi connectivity index (χ1v) is 6.50. The van der Waals surface area contributed by atoms with Gasteiger partial charge in [-0.3, -0.25) is 4.79 Å². The van der Waals surface area contributed by atoms with Gasteiger partial charge in [0, 0.05) is 12.3 Å². The third kappa shape index (κ3) is 1.11. The molecule has 0 aromatic carbocycles. The molecule has 90 valence electrons. The van der Waals surface area contributed by atoms with Crippen molar-refractivity contribution < 1.29 is 9.53 Å². The second-order valence-electron chi connectivity index (χ2n) is 7.38. The van der Waals surface area contributed by atoms with Crippen LogP contribution in [0.4, 0.5) is 0 Å². The Morgan fingerprint density at radius 2 is 1.88 bits per heavy atom. The van der Waals surface area contributed by atoms with Crippen LogP contribution in [0.2, 0.25) is 0 Å². The van der Waals surface area contributed by atoms with E-state index in [2.05, 4.69) is 27.7 Å². The Labute approximate surface area is 97.7 Å². The monoisotopic (exact) mass is 222 g/mol. The summed E-state index contributed by atoms with van der Waals surface area (Å²) in [4.78, 5) is 12.0. The lowest BCUT2D eigenvalue weighted by molar-refractivity contribution is -0.177. The van der Waals surface area contributed by atoms with Crippen molar-refractivity contribution in [2.24, 2.45) is 22.7 Å². The summed E-state index contributed by atoms with van der Waals surface area (Å²) in [6.07, 6.45) is 4.39. The molecule has 3 aliphatic rings. The lowest BCUT2D eigenvalue weighted by Crippen LogP contribution is -2.54. The predicted molar refractivity (Wildman–Crippen MR) is 61.8 cm³/mol. The Balaban J connectivity index is 1.96. The average Bonchev–Trinajstić information content (AvgIpc) is 2.29. The van der Waals surface area contributed by atoms with Crippen LogP contribution in [0.15, 0.2) is 0 Å². The minimum Gasteiger partial charge on any atom is -0.459 e. The van der Waals surface area contributed by atoms with Crippen LogP contribution in [-0.4, -0.2) is 11.6 Å². The van der Waals surface area contributed by atoms with E-state index in [9.17, 15) is 4.79 Å². The molecule has 1 saturated heterocycles. The molecule has 0 unspecified atom stereocenters. The first-order chi connectivity index (χ1) is 7.27. The smallest absolute Gasteiger partial charge is 0.312 e. The summed E-state index contributed by atoms with van der Waals surface area (Å²) in [7, 11) is 0. The van der Waals surface area contributed by atoms with Crippen LogP contribution in [0, 0.1) is 22.7 Å². The van der Waals surface area contributed by atoms with Crippen LogP contribution >= 0.6 is 0 Å². The molecule has 3 fully saturated rings. The number of carbonyl (C=O) groups excluding carboxylic acids is 1. The van der Waals surface area contributed by atoms with Crippen molar-refractivity contribution in [2.75, 3.05) is 0 Å². The van der Waals surface area contributed by atoms with Gasteiger partial charge in [-0.05, 0) is 44.4 Å². The first kappa shape index (κ1) is 10.6. The second-order valence-corrected chi connectivity index (χ2v) is 7.38. The molecule has 0 amide bonds. The molecule has 0 aromatic heterocycles. The van der Waals surface area contributed by atoms with Gasteiger partial charge >= 0.3 is 5.97 Å². The fourth-order valence-corrected chi connectivity index (χ4v) is 4.57. The molecule has 2 saturated carbocycles. The lowest BCUT2D eigenvalue weighted by Gasteiger charge is -2.56. The number of esters is 1. The quantitative estimate of drug-likeness (QED) is 0.588. The van der Waals surface area contributed by atoms with Crippen LogP contribution < -0.4 is 0 Å². The summed E-state index contributed by atoms with van der Waals surface area (Å²) in [5, 5.41) is 0. The van der Waals surface area contributed by atoms with Crippen molar-refractivity contribution in [3.63, 3.8) is 0 Å². The molecule has 2 aliphatic carbocycles. The minimum absolute atomic E-state index is 0.0538. The van der Waals surface area contributed by atoms with Crippen molar-refractivity contribution >= 4 is 5.97 Å². The molecule has 0 radical (unpaired) electrons. The van der Waals surface area contributed by atoms with E-state index in [1.807, 2.05) is 0 Å². The third-order valence-electron chi connectivity index (χ3n) is 5.59. The maximum absolute atomic E-state index is 12.0. The molecular formula is C14H22O2. The van der Waals surface area contributed by atoms with Gasteiger partial charge in [0.15, 0.2) is 0 Å². The molecule has 3 rings (SSSR count). The van der Waals surface area contributed by atoms with Gasteiger partial charge in [-0.15, -0.1) is 0 Å². The van der Waals surface area contributed by atoms with Crippen LogP contribution in [0.5, 0.6) is 0 Å². The average molecular weight is 222 g/mol. The molecule has 0 N–H and O–H groups in total. The van der Waals surface area contributed by atoms with E-state index in [1.54, 1.807) is 0 Å². The largest absolute Gasteiger partial charge is 0.459 e. The van der Waals surface area contributed by atoms with Crippen molar-refractivity contribution in [3.05, 3.63) is 0 Å². The second kappa shape index (κ2) is 2.65. The number of ether oxygens (including phenoxy) is 1. The molecule has 16 heavy (non-hydrogen) atoms. The molecule has 1 aliphatic heterocycles. The summed E-state index contributed by atoms with van der Waals surface area (Å²) >= 11 is 0.